The predicted octanol–water partition coefficient (Wildman–Crippen LogP) is 0.712. The minimum Gasteiger partial charge on any atom is -0.391 e. The first-order valence-corrected chi connectivity index (χ1v) is 4.40. The van der Waals surface area contributed by atoms with E-state index in [1.165, 1.54) is 0 Å². The minimum atomic E-state index is -0.199. The molecule has 0 aromatic heterocycles. The van der Waals surface area contributed by atoms with Crippen LogP contribution in [0.3, 0.4) is 0 Å². The number of hydrogen-bond donors (Lipinski definition) is 1. The molecule has 1 saturated heterocycles. The summed E-state index contributed by atoms with van der Waals surface area (Å²) in [5, 5.41) is 9.63. The maximum absolute atomic E-state index is 9.63. The van der Waals surface area contributed by atoms with Crippen LogP contribution in [0.1, 0.15) is 20.3 Å². The van der Waals surface area contributed by atoms with E-state index in [1.54, 1.807) is 0 Å². The van der Waals surface area contributed by atoms with E-state index >= 15 is 0 Å². The summed E-state index contributed by atoms with van der Waals surface area (Å²) in [7, 11) is 0. The van der Waals surface area contributed by atoms with Gasteiger partial charge in [0.15, 0.2) is 0 Å². The number of rotatable bonds is 2. The van der Waals surface area contributed by atoms with Crippen molar-refractivity contribution in [1.29, 1.82) is 0 Å². The lowest BCUT2D eigenvalue weighted by molar-refractivity contribution is 0.0955. The van der Waals surface area contributed by atoms with E-state index in [0.29, 0.717) is 0 Å². The second-order valence-corrected chi connectivity index (χ2v) is 4.19. The summed E-state index contributed by atoms with van der Waals surface area (Å²) in [5.41, 5.74) is 0.0363. The van der Waals surface area contributed by atoms with Crippen LogP contribution in [0.4, 0.5) is 0 Å². The van der Waals surface area contributed by atoms with Crippen LogP contribution in [0.2, 0.25) is 0 Å². The monoisotopic (exact) mass is 167 g/mol. The van der Waals surface area contributed by atoms with E-state index in [0.717, 1.165) is 26.1 Å². The Morgan fingerprint density at radius 2 is 2.33 bits per heavy atom. The number of aliphatic hydroxyl groups excluding tert-OH is 1. The maximum atomic E-state index is 9.63. The van der Waals surface area contributed by atoms with Gasteiger partial charge in [-0.3, -0.25) is 4.90 Å². The van der Waals surface area contributed by atoms with Crippen molar-refractivity contribution >= 4 is 0 Å². The molecule has 0 spiro atoms. The second kappa shape index (κ2) is 3.47. The molecule has 1 N–H and O–H groups in total. The van der Waals surface area contributed by atoms with E-state index in [-0.39, 0.29) is 11.5 Å². The van der Waals surface area contributed by atoms with E-state index in [2.05, 4.69) is 24.7 Å². The topological polar surface area (TPSA) is 23.5 Å². The zero-order valence-corrected chi connectivity index (χ0v) is 7.88. The van der Waals surface area contributed by atoms with Gasteiger partial charge in [0, 0.05) is 31.5 Å². The molecule has 12 heavy (non-hydrogen) atoms. The molecule has 1 aliphatic rings. The molecular formula is C10H17NO. The zero-order valence-electron chi connectivity index (χ0n) is 7.88. The lowest BCUT2D eigenvalue weighted by Gasteiger charge is -2.20. The molecule has 0 bridgehead atoms. The van der Waals surface area contributed by atoms with Gasteiger partial charge >= 0.3 is 0 Å². The Balaban J connectivity index is 2.40. The molecule has 1 atom stereocenters. The van der Waals surface area contributed by atoms with Crippen molar-refractivity contribution in [2.24, 2.45) is 5.41 Å². The fourth-order valence-corrected chi connectivity index (χ4v) is 1.63. The van der Waals surface area contributed by atoms with Crippen LogP contribution in [0, 0.1) is 17.8 Å². The number of β-amino-alcohol motifs (C(OH)–C–C–N with tert-alkyl or cyclic N) is 1. The number of aliphatic hydroxyl groups is 1. The largest absolute Gasteiger partial charge is 0.391 e. The first kappa shape index (κ1) is 9.57. The van der Waals surface area contributed by atoms with Crippen LogP contribution in [0.25, 0.3) is 0 Å². The number of hydrogen-bond acceptors (Lipinski definition) is 2. The van der Waals surface area contributed by atoms with Crippen LogP contribution in [-0.2, 0) is 0 Å². The fraction of sp³-hybridized carbons (Fsp3) is 0.800. The van der Waals surface area contributed by atoms with E-state index in [1.807, 2.05) is 0 Å². The molecule has 0 radical (unpaired) electrons. The molecule has 1 heterocycles. The van der Waals surface area contributed by atoms with E-state index in [9.17, 15) is 5.11 Å². The lowest BCUT2D eigenvalue weighted by Crippen LogP contribution is -2.26. The van der Waals surface area contributed by atoms with Crippen molar-refractivity contribution in [1.82, 2.24) is 4.90 Å². The SMILES string of the molecule is C#CCCN1CC(O)C(C)(C)C1. The van der Waals surface area contributed by atoms with Crippen LogP contribution >= 0.6 is 0 Å². The van der Waals surface area contributed by atoms with Gasteiger partial charge in [0.2, 0.25) is 0 Å². The Bertz CT molecular complexity index is 193. The summed E-state index contributed by atoms with van der Waals surface area (Å²) in [6.45, 7) is 6.82. The minimum absolute atomic E-state index is 0.0363. The first-order chi connectivity index (χ1) is 5.56. The number of nitrogens with zero attached hydrogens (tertiary/aromatic N) is 1. The smallest absolute Gasteiger partial charge is 0.0730 e. The van der Waals surface area contributed by atoms with E-state index < -0.39 is 0 Å². The number of likely N-dealkylation sites (tertiary alicyclic amines) is 1. The molecule has 1 fully saturated rings. The highest BCUT2D eigenvalue weighted by Gasteiger charge is 2.37. The second-order valence-electron chi connectivity index (χ2n) is 4.19. The van der Waals surface area contributed by atoms with Crippen LogP contribution in [0.15, 0.2) is 0 Å². The van der Waals surface area contributed by atoms with Crippen molar-refractivity contribution < 1.29 is 5.11 Å². The van der Waals surface area contributed by atoms with E-state index in [4.69, 9.17) is 6.42 Å². The van der Waals surface area contributed by atoms with Crippen molar-refractivity contribution in [3.8, 4) is 12.3 Å². The summed E-state index contributed by atoms with van der Waals surface area (Å²) in [6.07, 6.45) is 5.75. The highest BCUT2D eigenvalue weighted by Crippen LogP contribution is 2.29. The molecule has 2 nitrogen and oxygen atoms in total. The third-order valence-corrected chi connectivity index (χ3v) is 2.54. The zero-order chi connectivity index (χ0) is 9.19. The van der Waals surface area contributed by atoms with Crippen LogP contribution in [0.5, 0.6) is 0 Å². The standard InChI is InChI=1S/C10H17NO/c1-4-5-6-11-7-9(12)10(2,3)8-11/h1,9,12H,5-8H2,2-3H3. The highest BCUT2D eigenvalue weighted by atomic mass is 16.3. The Hall–Kier alpha value is -0.520. The first-order valence-electron chi connectivity index (χ1n) is 4.40. The third-order valence-electron chi connectivity index (χ3n) is 2.54. The molecular weight excluding hydrogens is 150 g/mol. The fourth-order valence-electron chi connectivity index (χ4n) is 1.63. The highest BCUT2D eigenvalue weighted by molar-refractivity contribution is 4.93. The van der Waals surface area contributed by atoms with Gasteiger partial charge in [0.05, 0.1) is 6.10 Å². The van der Waals surface area contributed by atoms with Crippen molar-refractivity contribution in [3.05, 3.63) is 0 Å². The van der Waals surface area contributed by atoms with Gasteiger partial charge in [0.25, 0.3) is 0 Å². The van der Waals surface area contributed by atoms with Crippen LogP contribution in [-0.4, -0.2) is 35.7 Å². The Morgan fingerprint density at radius 3 is 2.75 bits per heavy atom. The molecule has 0 amide bonds. The lowest BCUT2D eigenvalue weighted by atomic mass is 9.90. The Labute approximate surface area is 74.6 Å². The Morgan fingerprint density at radius 1 is 1.67 bits per heavy atom. The summed E-state index contributed by atoms with van der Waals surface area (Å²) in [4.78, 5) is 2.23. The molecule has 0 saturated carbocycles. The van der Waals surface area contributed by atoms with Gasteiger partial charge in [-0.25, -0.2) is 0 Å². The molecule has 2 heteroatoms. The molecule has 1 aliphatic heterocycles. The van der Waals surface area contributed by atoms with Gasteiger partial charge < -0.3 is 5.11 Å². The molecule has 68 valence electrons. The third kappa shape index (κ3) is 2.00. The molecule has 1 rings (SSSR count). The van der Waals surface area contributed by atoms with Gasteiger partial charge in [-0.1, -0.05) is 13.8 Å². The maximum Gasteiger partial charge on any atom is 0.0730 e. The van der Waals surface area contributed by atoms with Gasteiger partial charge in [0.1, 0.15) is 0 Å². The average Bonchev–Trinajstić information content (AvgIpc) is 2.22. The summed E-state index contributed by atoms with van der Waals surface area (Å²) in [6, 6.07) is 0. The average molecular weight is 167 g/mol. The predicted molar refractivity (Wildman–Crippen MR) is 49.7 cm³/mol. The van der Waals surface area contributed by atoms with Gasteiger partial charge in [-0.05, 0) is 0 Å². The molecule has 0 aromatic rings. The molecule has 0 aromatic carbocycles. The molecule has 0 aliphatic carbocycles. The summed E-state index contributed by atoms with van der Waals surface area (Å²) >= 11 is 0. The van der Waals surface area contributed by atoms with Crippen molar-refractivity contribution in [3.63, 3.8) is 0 Å². The number of terminal acetylenes is 1. The quantitative estimate of drug-likeness (QED) is 0.612. The van der Waals surface area contributed by atoms with Gasteiger partial charge in [-0.15, -0.1) is 12.3 Å². The summed E-state index contributed by atoms with van der Waals surface area (Å²) < 4.78 is 0. The summed E-state index contributed by atoms with van der Waals surface area (Å²) in [5.74, 6) is 2.61. The van der Waals surface area contributed by atoms with Crippen molar-refractivity contribution in [2.75, 3.05) is 19.6 Å². The molecule has 1 unspecified atom stereocenters. The normalized spacial score (nSPS) is 28.7. The van der Waals surface area contributed by atoms with Crippen molar-refractivity contribution in [2.45, 2.75) is 26.4 Å². The van der Waals surface area contributed by atoms with Crippen LogP contribution < -0.4 is 0 Å². The van der Waals surface area contributed by atoms with Gasteiger partial charge in [-0.2, -0.15) is 0 Å². The Kier molecular flexibility index (Phi) is 2.76.